The quantitative estimate of drug-likeness (QED) is 0.470. The second-order valence-electron chi connectivity index (χ2n) is 4.94. The van der Waals surface area contributed by atoms with Crippen molar-refractivity contribution in [2.45, 2.75) is 18.9 Å². The lowest BCUT2D eigenvalue weighted by Crippen LogP contribution is -2.39. The van der Waals surface area contributed by atoms with Gasteiger partial charge in [-0.15, -0.1) is 0 Å². The first-order valence-electron chi connectivity index (χ1n) is 7.04. The highest BCUT2D eigenvalue weighted by molar-refractivity contribution is 6.39. The molecule has 1 fully saturated rings. The lowest BCUT2D eigenvalue weighted by atomic mass is 10.2. The molecule has 1 saturated heterocycles. The first-order valence-corrected chi connectivity index (χ1v) is 7.04. The fourth-order valence-corrected chi connectivity index (χ4v) is 2.18. The number of nitro groups is 1. The summed E-state index contributed by atoms with van der Waals surface area (Å²) in [6.45, 7) is 0.899. The van der Waals surface area contributed by atoms with Crippen LogP contribution >= 0.6 is 0 Å². The Morgan fingerprint density at radius 2 is 2.22 bits per heavy atom. The number of amides is 2. The summed E-state index contributed by atoms with van der Waals surface area (Å²) in [6, 6.07) is 3.72. The molecule has 1 atom stereocenters. The van der Waals surface area contributed by atoms with Gasteiger partial charge in [0.25, 0.3) is 5.69 Å². The lowest BCUT2D eigenvalue weighted by Gasteiger charge is -2.12. The molecule has 0 spiro atoms. The summed E-state index contributed by atoms with van der Waals surface area (Å²) in [5, 5.41) is 15.6. The molecular weight excluding hydrogens is 306 g/mol. The Bertz CT molecular complexity index is 613. The van der Waals surface area contributed by atoms with Crippen LogP contribution in [0.15, 0.2) is 18.2 Å². The van der Waals surface area contributed by atoms with E-state index in [-0.39, 0.29) is 29.8 Å². The lowest BCUT2D eigenvalue weighted by molar-refractivity contribution is -0.384. The topological polar surface area (TPSA) is 120 Å². The Kier molecular flexibility index (Phi) is 5.47. The van der Waals surface area contributed by atoms with E-state index in [0.29, 0.717) is 6.61 Å². The summed E-state index contributed by atoms with van der Waals surface area (Å²) in [4.78, 5) is 33.8. The van der Waals surface area contributed by atoms with Gasteiger partial charge in [-0.2, -0.15) is 0 Å². The molecule has 9 heteroatoms. The SMILES string of the molecule is COc1ccc([N+](=O)[O-])cc1NC(=O)C(=O)NCC1CCCO1. The van der Waals surface area contributed by atoms with Crippen LogP contribution in [0.25, 0.3) is 0 Å². The van der Waals surface area contributed by atoms with Crippen molar-refractivity contribution in [3.05, 3.63) is 28.3 Å². The van der Waals surface area contributed by atoms with Crippen molar-refractivity contribution in [2.24, 2.45) is 0 Å². The Morgan fingerprint density at radius 3 is 2.83 bits per heavy atom. The molecule has 0 radical (unpaired) electrons. The van der Waals surface area contributed by atoms with Crippen LogP contribution in [0.5, 0.6) is 5.75 Å². The highest BCUT2D eigenvalue weighted by Crippen LogP contribution is 2.28. The van der Waals surface area contributed by atoms with Crippen LogP contribution in [-0.4, -0.2) is 43.1 Å². The number of anilines is 1. The van der Waals surface area contributed by atoms with Crippen LogP contribution in [0.1, 0.15) is 12.8 Å². The van der Waals surface area contributed by atoms with Gasteiger partial charge in [0.05, 0.1) is 23.8 Å². The predicted molar refractivity (Wildman–Crippen MR) is 80.3 cm³/mol. The van der Waals surface area contributed by atoms with E-state index in [2.05, 4.69) is 10.6 Å². The minimum absolute atomic E-state index is 0.0546. The van der Waals surface area contributed by atoms with Crippen molar-refractivity contribution in [3.63, 3.8) is 0 Å². The number of non-ortho nitro benzene ring substituents is 1. The van der Waals surface area contributed by atoms with E-state index in [1.807, 2.05) is 0 Å². The summed E-state index contributed by atoms with van der Waals surface area (Å²) < 4.78 is 10.4. The van der Waals surface area contributed by atoms with Crippen LogP contribution in [0.4, 0.5) is 11.4 Å². The molecule has 1 aromatic carbocycles. The second-order valence-corrected chi connectivity index (χ2v) is 4.94. The number of nitro benzene ring substituents is 1. The molecule has 2 rings (SSSR count). The van der Waals surface area contributed by atoms with Crippen LogP contribution in [0.3, 0.4) is 0 Å². The maximum Gasteiger partial charge on any atom is 0.313 e. The molecule has 0 aromatic heterocycles. The number of hydrogen-bond donors (Lipinski definition) is 2. The van der Waals surface area contributed by atoms with Crippen LogP contribution < -0.4 is 15.4 Å². The van der Waals surface area contributed by atoms with E-state index in [9.17, 15) is 19.7 Å². The van der Waals surface area contributed by atoms with E-state index < -0.39 is 16.7 Å². The van der Waals surface area contributed by atoms with E-state index in [1.165, 1.54) is 19.2 Å². The molecule has 0 aliphatic carbocycles. The van der Waals surface area contributed by atoms with Gasteiger partial charge in [0.2, 0.25) is 0 Å². The maximum absolute atomic E-state index is 11.9. The van der Waals surface area contributed by atoms with Crippen molar-refractivity contribution in [2.75, 3.05) is 25.6 Å². The molecule has 1 aliphatic heterocycles. The Hall–Kier alpha value is -2.68. The average molecular weight is 323 g/mol. The average Bonchev–Trinajstić information content (AvgIpc) is 3.05. The van der Waals surface area contributed by atoms with Gasteiger partial charge in [0.1, 0.15) is 5.75 Å². The van der Waals surface area contributed by atoms with E-state index >= 15 is 0 Å². The zero-order valence-corrected chi connectivity index (χ0v) is 12.5. The molecule has 124 valence electrons. The van der Waals surface area contributed by atoms with Gasteiger partial charge in [-0.05, 0) is 18.9 Å². The normalized spacial score (nSPS) is 16.7. The summed E-state index contributed by atoms with van der Waals surface area (Å²) >= 11 is 0. The highest BCUT2D eigenvalue weighted by atomic mass is 16.6. The van der Waals surface area contributed by atoms with Crippen LogP contribution in [0, 0.1) is 10.1 Å². The molecule has 2 amide bonds. The molecule has 1 unspecified atom stereocenters. The van der Waals surface area contributed by atoms with Crippen molar-refractivity contribution >= 4 is 23.2 Å². The monoisotopic (exact) mass is 323 g/mol. The summed E-state index contributed by atoms with van der Waals surface area (Å²) in [6.07, 6.45) is 1.68. The molecule has 1 heterocycles. The molecule has 9 nitrogen and oxygen atoms in total. The van der Waals surface area contributed by atoms with Crippen molar-refractivity contribution in [3.8, 4) is 5.75 Å². The highest BCUT2D eigenvalue weighted by Gasteiger charge is 2.21. The third kappa shape index (κ3) is 4.39. The number of benzene rings is 1. The van der Waals surface area contributed by atoms with E-state index in [0.717, 1.165) is 18.9 Å². The van der Waals surface area contributed by atoms with Gasteiger partial charge in [-0.25, -0.2) is 0 Å². The number of ether oxygens (including phenoxy) is 2. The van der Waals surface area contributed by atoms with Gasteiger partial charge in [-0.3, -0.25) is 19.7 Å². The number of hydrogen-bond acceptors (Lipinski definition) is 6. The largest absolute Gasteiger partial charge is 0.495 e. The fraction of sp³-hybridized carbons (Fsp3) is 0.429. The molecule has 0 saturated carbocycles. The summed E-state index contributed by atoms with van der Waals surface area (Å²) in [7, 11) is 1.36. The molecule has 23 heavy (non-hydrogen) atoms. The number of nitrogens with zero attached hydrogens (tertiary/aromatic N) is 1. The molecule has 1 aliphatic rings. The number of carbonyl (C=O) groups is 2. The van der Waals surface area contributed by atoms with E-state index in [4.69, 9.17) is 9.47 Å². The van der Waals surface area contributed by atoms with Gasteiger partial charge < -0.3 is 20.1 Å². The van der Waals surface area contributed by atoms with Crippen molar-refractivity contribution < 1.29 is 24.0 Å². The van der Waals surface area contributed by atoms with E-state index in [1.54, 1.807) is 0 Å². The Morgan fingerprint density at radius 1 is 1.43 bits per heavy atom. The molecule has 2 N–H and O–H groups in total. The molecule has 0 bridgehead atoms. The minimum Gasteiger partial charge on any atom is -0.495 e. The zero-order chi connectivity index (χ0) is 16.8. The second kappa shape index (κ2) is 7.54. The Balaban J connectivity index is 1.99. The summed E-state index contributed by atoms with van der Waals surface area (Å²) in [5.41, 5.74) is -0.167. The first kappa shape index (κ1) is 16.7. The predicted octanol–water partition coefficient (Wildman–Crippen LogP) is 0.837. The minimum atomic E-state index is -0.929. The number of rotatable bonds is 5. The van der Waals surface area contributed by atoms with Crippen LogP contribution in [-0.2, 0) is 14.3 Å². The standard InChI is InChI=1S/C14H17N3O6/c1-22-12-5-4-9(17(20)21)7-11(12)16-14(19)13(18)15-8-10-3-2-6-23-10/h4-5,7,10H,2-3,6,8H2,1H3,(H,15,18)(H,16,19). The number of nitrogens with one attached hydrogen (secondary N) is 2. The smallest absolute Gasteiger partial charge is 0.313 e. The number of carbonyl (C=O) groups excluding carboxylic acids is 2. The van der Waals surface area contributed by atoms with Gasteiger partial charge in [0, 0.05) is 25.3 Å². The molecular formula is C14H17N3O6. The fourth-order valence-electron chi connectivity index (χ4n) is 2.18. The van der Waals surface area contributed by atoms with Gasteiger partial charge >= 0.3 is 11.8 Å². The zero-order valence-electron chi connectivity index (χ0n) is 12.5. The third-order valence-electron chi connectivity index (χ3n) is 3.36. The van der Waals surface area contributed by atoms with Crippen LogP contribution in [0.2, 0.25) is 0 Å². The summed E-state index contributed by atoms with van der Waals surface area (Å²) in [5.74, 6) is -1.55. The van der Waals surface area contributed by atoms with Gasteiger partial charge in [0.15, 0.2) is 0 Å². The Labute approximate surface area is 132 Å². The van der Waals surface area contributed by atoms with Gasteiger partial charge in [-0.1, -0.05) is 0 Å². The maximum atomic E-state index is 11.9. The molecule has 1 aromatic rings. The number of methoxy groups -OCH3 is 1. The third-order valence-corrected chi connectivity index (χ3v) is 3.36. The first-order chi connectivity index (χ1) is 11.0. The van der Waals surface area contributed by atoms with Crippen molar-refractivity contribution in [1.82, 2.24) is 5.32 Å². The van der Waals surface area contributed by atoms with Crippen molar-refractivity contribution in [1.29, 1.82) is 0 Å².